The lowest BCUT2D eigenvalue weighted by atomic mass is 9.72. The average Bonchev–Trinajstić information content (AvgIpc) is 3.21. The van der Waals surface area contributed by atoms with Gasteiger partial charge < -0.3 is 10.2 Å². The van der Waals surface area contributed by atoms with Crippen LogP contribution in [0.15, 0.2) is 71.8 Å². The lowest BCUT2D eigenvalue weighted by molar-refractivity contribution is -0.140. The Balaban J connectivity index is 1.33. The predicted octanol–water partition coefficient (Wildman–Crippen LogP) is 7.09. The fourth-order valence-electron chi connectivity index (χ4n) is 5.91. The summed E-state index contributed by atoms with van der Waals surface area (Å²) in [5.74, 6) is -0.603. The van der Waals surface area contributed by atoms with E-state index in [1.165, 1.54) is 29.3 Å². The van der Waals surface area contributed by atoms with E-state index in [0.29, 0.717) is 57.3 Å². The second-order valence-electron chi connectivity index (χ2n) is 11.2. The van der Waals surface area contributed by atoms with Crippen LogP contribution in [0.25, 0.3) is 0 Å². The molecule has 0 bridgehead atoms. The number of hydrogen-bond donors (Lipinski definition) is 1. The van der Waals surface area contributed by atoms with Gasteiger partial charge >= 0.3 is 0 Å². The van der Waals surface area contributed by atoms with E-state index >= 15 is 0 Å². The van der Waals surface area contributed by atoms with E-state index in [1.807, 2.05) is 4.90 Å². The zero-order chi connectivity index (χ0) is 28.4. The van der Waals surface area contributed by atoms with Crippen LogP contribution in [0.1, 0.15) is 75.8 Å². The van der Waals surface area contributed by atoms with Crippen molar-refractivity contribution in [3.8, 4) is 0 Å². The number of benzene rings is 2. The van der Waals surface area contributed by atoms with Crippen molar-refractivity contribution in [1.82, 2.24) is 10.2 Å². The highest BCUT2D eigenvalue weighted by Crippen LogP contribution is 2.36. The minimum atomic E-state index is -0.753. The molecule has 0 aromatic heterocycles. The first-order valence-corrected chi connectivity index (χ1v) is 14.8. The molecule has 6 heteroatoms. The molecule has 1 saturated heterocycles. The maximum atomic E-state index is 14.6. The molecule has 0 unspecified atom stereocenters. The van der Waals surface area contributed by atoms with Crippen molar-refractivity contribution in [1.29, 1.82) is 0 Å². The van der Waals surface area contributed by atoms with Gasteiger partial charge in [-0.2, -0.15) is 0 Å². The molecule has 2 aromatic rings. The molecule has 40 heavy (non-hydrogen) atoms. The summed E-state index contributed by atoms with van der Waals surface area (Å²) in [6, 6.07) is 12.9. The summed E-state index contributed by atoms with van der Waals surface area (Å²) in [6.07, 6.45) is 13.0. The molecule has 1 N–H and O–H groups in total. The molecule has 1 fully saturated rings. The Morgan fingerprint density at radius 2 is 1.62 bits per heavy atom. The zero-order valence-electron chi connectivity index (χ0n) is 23.7. The topological polar surface area (TPSA) is 49.4 Å². The van der Waals surface area contributed by atoms with Crippen LogP contribution >= 0.6 is 0 Å². The number of amides is 2. The molecule has 214 valence electrons. The van der Waals surface area contributed by atoms with Gasteiger partial charge in [-0.25, -0.2) is 8.78 Å². The zero-order valence-corrected chi connectivity index (χ0v) is 23.7. The number of allylic oxidation sites excluding steroid dienone is 4. The van der Waals surface area contributed by atoms with Gasteiger partial charge in [-0.3, -0.25) is 9.59 Å². The van der Waals surface area contributed by atoms with Gasteiger partial charge in [-0.15, -0.1) is 0 Å². The first-order chi connectivity index (χ1) is 19.4. The smallest absolute Gasteiger partial charge is 0.226 e. The minimum absolute atomic E-state index is 0.0293. The lowest BCUT2D eigenvalue weighted by Gasteiger charge is -2.41. The standard InChI is InChI=1S/C34H42F2N2O2/c1-2-26-7-5-8-27(13-12-26)9-6-22-37-33(40)34(25-29-10-3-4-11-31(29)36)20-23-38(24-21-34)32(39)19-16-28-14-17-30(35)18-15-28/h3-4,7-8,10-11,14-15,17-18H,2,5-6,9,12-13,16,19-25H2,1H3,(H,37,40). The van der Waals surface area contributed by atoms with Crippen molar-refractivity contribution in [3.63, 3.8) is 0 Å². The summed E-state index contributed by atoms with van der Waals surface area (Å²) in [7, 11) is 0. The van der Waals surface area contributed by atoms with Gasteiger partial charge in [-0.1, -0.05) is 60.6 Å². The van der Waals surface area contributed by atoms with E-state index in [1.54, 1.807) is 30.3 Å². The van der Waals surface area contributed by atoms with Gasteiger partial charge in [0.15, 0.2) is 0 Å². The van der Waals surface area contributed by atoms with Gasteiger partial charge in [0.25, 0.3) is 0 Å². The Labute approximate surface area is 237 Å². The molecule has 4 rings (SSSR count). The SMILES string of the molecule is CCC1=CCC=C(CCCNC(=O)C2(Cc3ccccc3F)CCN(C(=O)CCc3ccc(F)cc3)CC2)CC1. The Morgan fingerprint density at radius 1 is 0.925 bits per heavy atom. The van der Waals surface area contributed by atoms with Crippen LogP contribution in [0.4, 0.5) is 8.78 Å². The summed E-state index contributed by atoms with van der Waals surface area (Å²) in [5, 5.41) is 3.17. The number of piperidine rings is 1. The van der Waals surface area contributed by atoms with Gasteiger partial charge in [0.2, 0.25) is 11.8 Å². The second kappa shape index (κ2) is 14.4. The van der Waals surface area contributed by atoms with Crippen molar-refractivity contribution >= 4 is 11.8 Å². The molecule has 1 heterocycles. The van der Waals surface area contributed by atoms with Crippen molar-refractivity contribution in [2.24, 2.45) is 5.41 Å². The number of nitrogens with zero attached hydrogens (tertiary/aromatic N) is 1. The van der Waals surface area contributed by atoms with Gasteiger partial charge in [0.05, 0.1) is 5.41 Å². The highest BCUT2D eigenvalue weighted by molar-refractivity contribution is 5.84. The predicted molar refractivity (Wildman–Crippen MR) is 156 cm³/mol. The van der Waals surface area contributed by atoms with Gasteiger partial charge in [0.1, 0.15) is 11.6 Å². The number of nitrogens with one attached hydrogen (secondary N) is 1. The van der Waals surface area contributed by atoms with Gasteiger partial charge in [0, 0.05) is 26.1 Å². The highest BCUT2D eigenvalue weighted by atomic mass is 19.1. The number of rotatable bonds is 11. The number of halogens is 2. The van der Waals surface area contributed by atoms with Crippen molar-refractivity contribution in [3.05, 3.63) is 94.6 Å². The largest absolute Gasteiger partial charge is 0.356 e. The maximum absolute atomic E-state index is 14.6. The summed E-state index contributed by atoms with van der Waals surface area (Å²) in [5.41, 5.74) is 3.69. The van der Waals surface area contributed by atoms with E-state index in [9.17, 15) is 18.4 Å². The normalized spacial score (nSPS) is 17.0. The number of hydrogen-bond acceptors (Lipinski definition) is 2. The summed E-state index contributed by atoms with van der Waals surface area (Å²) >= 11 is 0. The summed E-state index contributed by atoms with van der Waals surface area (Å²) in [4.78, 5) is 28.4. The first kappa shape index (κ1) is 29.7. The molecule has 2 aliphatic rings. The van der Waals surface area contributed by atoms with Crippen LogP contribution in [0, 0.1) is 17.0 Å². The van der Waals surface area contributed by atoms with E-state index in [-0.39, 0.29) is 23.4 Å². The molecular weight excluding hydrogens is 506 g/mol. The number of likely N-dealkylation sites (tertiary alicyclic amines) is 1. The molecule has 0 atom stereocenters. The Bertz CT molecular complexity index is 1210. The van der Waals surface area contributed by atoms with E-state index in [4.69, 9.17) is 0 Å². The Kier molecular flexibility index (Phi) is 10.7. The highest BCUT2D eigenvalue weighted by Gasteiger charge is 2.42. The summed E-state index contributed by atoms with van der Waals surface area (Å²) in [6.45, 7) is 3.72. The fraction of sp³-hybridized carbons (Fsp3) is 0.471. The van der Waals surface area contributed by atoms with E-state index in [0.717, 1.165) is 44.1 Å². The quantitative estimate of drug-likeness (QED) is 0.241. The molecule has 2 aromatic carbocycles. The van der Waals surface area contributed by atoms with Crippen LogP contribution in [-0.4, -0.2) is 36.3 Å². The maximum Gasteiger partial charge on any atom is 0.226 e. The van der Waals surface area contributed by atoms with Crippen molar-refractivity contribution < 1.29 is 18.4 Å². The fourth-order valence-corrected chi connectivity index (χ4v) is 5.91. The van der Waals surface area contributed by atoms with Gasteiger partial charge in [-0.05, 0) is 93.5 Å². The molecule has 1 aliphatic heterocycles. The van der Waals surface area contributed by atoms with Crippen molar-refractivity contribution in [2.75, 3.05) is 19.6 Å². The Morgan fingerprint density at radius 3 is 2.35 bits per heavy atom. The summed E-state index contributed by atoms with van der Waals surface area (Å²) < 4.78 is 27.8. The second-order valence-corrected chi connectivity index (χ2v) is 11.2. The van der Waals surface area contributed by atoms with Crippen molar-refractivity contribution in [2.45, 2.75) is 77.6 Å². The monoisotopic (exact) mass is 548 g/mol. The van der Waals surface area contributed by atoms with E-state index in [2.05, 4.69) is 24.4 Å². The first-order valence-electron chi connectivity index (χ1n) is 14.8. The lowest BCUT2D eigenvalue weighted by Crippen LogP contribution is -2.51. The van der Waals surface area contributed by atoms with E-state index < -0.39 is 5.41 Å². The molecular formula is C34H42F2N2O2. The third kappa shape index (κ3) is 8.12. The van der Waals surface area contributed by atoms with Crippen LogP contribution < -0.4 is 5.32 Å². The minimum Gasteiger partial charge on any atom is -0.356 e. The molecule has 0 spiro atoms. The number of aryl methyl sites for hydroxylation is 1. The molecule has 0 radical (unpaired) electrons. The number of carbonyl (C=O) groups excluding carboxylic acids is 2. The molecule has 0 saturated carbocycles. The molecule has 4 nitrogen and oxygen atoms in total. The van der Waals surface area contributed by atoms with Crippen LogP contribution in [0.2, 0.25) is 0 Å². The number of carbonyl (C=O) groups is 2. The molecule has 1 aliphatic carbocycles. The molecule has 2 amide bonds. The van der Waals surface area contributed by atoms with Crippen LogP contribution in [0.5, 0.6) is 0 Å². The Hall–Kier alpha value is -3.28. The van der Waals surface area contributed by atoms with Crippen LogP contribution in [0.3, 0.4) is 0 Å². The van der Waals surface area contributed by atoms with Crippen LogP contribution in [-0.2, 0) is 22.4 Å². The third-order valence-electron chi connectivity index (χ3n) is 8.58. The average molecular weight is 549 g/mol. The third-order valence-corrected chi connectivity index (χ3v) is 8.58.